The molecule has 0 aliphatic carbocycles. The van der Waals surface area contributed by atoms with Crippen LogP contribution in [-0.2, 0) is 6.42 Å². The van der Waals surface area contributed by atoms with Gasteiger partial charge in [-0.25, -0.2) is 4.39 Å². The highest BCUT2D eigenvalue weighted by atomic mass is 35.5. The summed E-state index contributed by atoms with van der Waals surface area (Å²) in [6.45, 7) is 0. The van der Waals surface area contributed by atoms with Crippen LogP contribution in [0, 0.1) is 5.82 Å². The Morgan fingerprint density at radius 2 is 2.22 bits per heavy atom. The fraction of sp³-hybridized carbons (Fsp3) is 0.214. The van der Waals surface area contributed by atoms with Crippen molar-refractivity contribution in [1.82, 2.24) is 10.3 Å². The maximum absolute atomic E-state index is 13.7. The van der Waals surface area contributed by atoms with Crippen LogP contribution in [0.1, 0.15) is 17.2 Å². The molecule has 0 saturated carbocycles. The predicted molar refractivity (Wildman–Crippen MR) is 71.2 cm³/mol. The van der Waals surface area contributed by atoms with Crippen molar-refractivity contribution in [3.63, 3.8) is 0 Å². The number of nitrogens with zero attached hydrogens (tertiary/aromatic N) is 1. The summed E-state index contributed by atoms with van der Waals surface area (Å²) in [5.41, 5.74) is 1.63. The molecule has 0 bridgehead atoms. The number of pyridine rings is 1. The van der Waals surface area contributed by atoms with E-state index in [9.17, 15) is 4.39 Å². The second kappa shape index (κ2) is 5.94. The topological polar surface area (TPSA) is 24.9 Å². The minimum Gasteiger partial charge on any atom is -0.313 e. The highest BCUT2D eigenvalue weighted by molar-refractivity contribution is 6.30. The third-order valence-electron chi connectivity index (χ3n) is 2.87. The number of hydrogen-bond acceptors (Lipinski definition) is 2. The fourth-order valence-corrected chi connectivity index (χ4v) is 2.08. The van der Waals surface area contributed by atoms with Crippen molar-refractivity contribution in [2.75, 3.05) is 7.05 Å². The summed E-state index contributed by atoms with van der Waals surface area (Å²) in [6, 6.07) is 8.47. The summed E-state index contributed by atoms with van der Waals surface area (Å²) in [4.78, 5) is 4.08. The lowest BCUT2D eigenvalue weighted by atomic mass is 10.00. The second-order valence-corrected chi connectivity index (χ2v) is 4.50. The van der Waals surface area contributed by atoms with Crippen molar-refractivity contribution in [2.45, 2.75) is 12.5 Å². The zero-order valence-electron chi connectivity index (χ0n) is 10.0. The normalized spacial score (nSPS) is 12.4. The summed E-state index contributed by atoms with van der Waals surface area (Å²) in [5, 5.41) is 3.71. The first-order valence-electron chi connectivity index (χ1n) is 5.72. The molecule has 0 spiro atoms. The monoisotopic (exact) mass is 264 g/mol. The summed E-state index contributed by atoms with van der Waals surface area (Å²) >= 11 is 5.89. The molecule has 0 aliphatic heterocycles. The van der Waals surface area contributed by atoms with Gasteiger partial charge in [0.2, 0.25) is 0 Å². The molecular weight excluding hydrogens is 251 g/mol. The second-order valence-electron chi connectivity index (χ2n) is 4.07. The van der Waals surface area contributed by atoms with Gasteiger partial charge < -0.3 is 5.32 Å². The summed E-state index contributed by atoms with van der Waals surface area (Å²) in [6.07, 6.45) is 4.04. The Labute approximate surface area is 111 Å². The Morgan fingerprint density at radius 1 is 1.39 bits per heavy atom. The molecule has 2 aromatic rings. The quantitative estimate of drug-likeness (QED) is 0.916. The summed E-state index contributed by atoms with van der Waals surface area (Å²) in [7, 11) is 1.85. The molecule has 94 valence electrons. The van der Waals surface area contributed by atoms with E-state index in [0.717, 1.165) is 5.56 Å². The van der Waals surface area contributed by atoms with Crippen molar-refractivity contribution in [1.29, 1.82) is 0 Å². The van der Waals surface area contributed by atoms with Gasteiger partial charge in [-0.3, -0.25) is 4.98 Å². The first kappa shape index (κ1) is 13.0. The first-order chi connectivity index (χ1) is 8.70. The number of aromatic nitrogens is 1. The van der Waals surface area contributed by atoms with Crippen LogP contribution in [0.25, 0.3) is 0 Å². The number of likely N-dealkylation sites (N-methyl/N-ethyl adjacent to an activating group) is 1. The Hall–Kier alpha value is -1.45. The molecule has 0 fully saturated rings. The highest BCUT2D eigenvalue weighted by Crippen LogP contribution is 2.21. The molecule has 1 N–H and O–H groups in total. The molecule has 0 aliphatic rings. The SMILES string of the molecule is CNC(Cc1cc(Cl)ccc1F)c1cccnc1. The van der Waals surface area contributed by atoms with Crippen molar-refractivity contribution < 1.29 is 4.39 Å². The van der Waals surface area contributed by atoms with E-state index in [4.69, 9.17) is 11.6 Å². The van der Waals surface area contributed by atoms with E-state index < -0.39 is 0 Å². The van der Waals surface area contributed by atoms with Crippen LogP contribution in [0.5, 0.6) is 0 Å². The lowest BCUT2D eigenvalue weighted by molar-refractivity contribution is 0.553. The van der Waals surface area contributed by atoms with E-state index >= 15 is 0 Å². The van der Waals surface area contributed by atoms with E-state index in [1.54, 1.807) is 24.5 Å². The van der Waals surface area contributed by atoms with Gasteiger partial charge in [0.25, 0.3) is 0 Å². The Bertz CT molecular complexity index is 516. The third kappa shape index (κ3) is 3.06. The van der Waals surface area contributed by atoms with Crippen LogP contribution in [0.4, 0.5) is 4.39 Å². The summed E-state index contributed by atoms with van der Waals surface area (Å²) in [5.74, 6) is -0.233. The first-order valence-corrected chi connectivity index (χ1v) is 6.09. The van der Waals surface area contributed by atoms with E-state index in [1.165, 1.54) is 6.07 Å². The molecule has 1 heterocycles. The zero-order chi connectivity index (χ0) is 13.0. The summed E-state index contributed by atoms with van der Waals surface area (Å²) < 4.78 is 13.7. The average molecular weight is 265 g/mol. The standard InChI is InChI=1S/C14H14ClFN2/c1-17-14(10-3-2-6-18-9-10)8-11-7-12(15)4-5-13(11)16/h2-7,9,14,17H,8H2,1H3. The Kier molecular flexibility index (Phi) is 4.28. The lowest BCUT2D eigenvalue weighted by Crippen LogP contribution is -2.19. The van der Waals surface area contributed by atoms with Gasteiger partial charge in [-0.05, 0) is 48.9 Å². The van der Waals surface area contributed by atoms with E-state index in [0.29, 0.717) is 17.0 Å². The molecule has 1 unspecified atom stereocenters. The lowest BCUT2D eigenvalue weighted by Gasteiger charge is -2.16. The molecule has 0 amide bonds. The molecule has 18 heavy (non-hydrogen) atoms. The fourth-order valence-electron chi connectivity index (χ4n) is 1.89. The number of nitrogens with one attached hydrogen (secondary N) is 1. The number of benzene rings is 1. The number of hydrogen-bond donors (Lipinski definition) is 1. The number of halogens is 2. The Morgan fingerprint density at radius 3 is 2.89 bits per heavy atom. The maximum Gasteiger partial charge on any atom is 0.126 e. The van der Waals surface area contributed by atoms with Crippen LogP contribution < -0.4 is 5.32 Å². The largest absolute Gasteiger partial charge is 0.313 e. The minimum atomic E-state index is -0.233. The van der Waals surface area contributed by atoms with Gasteiger partial charge in [0.1, 0.15) is 5.82 Å². The zero-order valence-corrected chi connectivity index (χ0v) is 10.8. The van der Waals surface area contributed by atoms with E-state index in [2.05, 4.69) is 10.3 Å². The molecule has 0 radical (unpaired) electrons. The van der Waals surface area contributed by atoms with Crippen molar-refractivity contribution in [3.8, 4) is 0 Å². The molecule has 0 saturated heterocycles. The van der Waals surface area contributed by atoms with Crippen LogP contribution in [0.2, 0.25) is 5.02 Å². The van der Waals surface area contributed by atoms with Gasteiger partial charge in [0.05, 0.1) is 0 Å². The van der Waals surface area contributed by atoms with Crippen molar-refractivity contribution >= 4 is 11.6 Å². The molecule has 2 rings (SSSR count). The number of rotatable bonds is 4. The van der Waals surface area contributed by atoms with E-state index in [-0.39, 0.29) is 11.9 Å². The Balaban J connectivity index is 2.23. The van der Waals surface area contributed by atoms with Crippen molar-refractivity contribution in [2.24, 2.45) is 0 Å². The van der Waals surface area contributed by atoms with Gasteiger partial charge in [-0.15, -0.1) is 0 Å². The van der Waals surface area contributed by atoms with Gasteiger partial charge in [-0.2, -0.15) is 0 Å². The van der Waals surface area contributed by atoms with Crippen LogP contribution >= 0.6 is 11.6 Å². The molecule has 2 nitrogen and oxygen atoms in total. The maximum atomic E-state index is 13.7. The molecule has 1 aromatic carbocycles. The molecule has 1 aromatic heterocycles. The smallest absolute Gasteiger partial charge is 0.126 e. The third-order valence-corrected chi connectivity index (χ3v) is 3.10. The van der Waals surface area contributed by atoms with Gasteiger partial charge in [0, 0.05) is 23.5 Å². The van der Waals surface area contributed by atoms with Crippen LogP contribution in [0.15, 0.2) is 42.7 Å². The van der Waals surface area contributed by atoms with Gasteiger partial charge in [0.15, 0.2) is 0 Å². The van der Waals surface area contributed by atoms with Crippen molar-refractivity contribution in [3.05, 3.63) is 64.7 Å². The van der Waals surface area contributed by atoms with Gasteiger partial charge >= 0.3 is 0 Å². The molecule has 4 heteroatoms. The van der Waals surface area contributed by atoms with E-state index in [1.807, 2.05) is 19.2 Å². The highest BCUT2D eigenvalue weighted by Gasteiger charge is 2.13. The molecular formula is C14H14ClFN2. The van der Waals surface area contributed by atoms with Crippen LogP contribution in [0.3, 0.4) is 0 Å². The minimum absolute atomic E-state index is 0.0201. The van der Waals surface area contributed by atoms with Gasteiger partial charge in [-0.1, -0.05) is 17.7 Å². The predicted octanol–water partition coefficient (Wildman–Crippen LogP) is 3.38. The molecule has 1 atom stereocenters. The van der Waals surface area contributed by atoms with Crippen LogP contribution in [-0.4, -0.2) is 12.0 Å². The average Bonchev–Trinajstić information content (AvgIpc) is 2.41.